The van der Waals surface area contributed by atoms with E-state index in [0.717, 1.165) is 0 Å². The fourth-order valence-electron chi connectivity index (χ4n) is 1.19. The molecule has 6 heteroatoms. The zero-order valence-electron chi connectivity index (χ0n) is 7.54. The van der Waals surface area contributed by atoms with Gasteiger partial charge in [0.15, 0.2) is 5.78 Å². The molecule has 1 heterocycles. The van der Waals surface area contributed by atoms with Crippen LogP contribution in [0.1, 0.15) is 6.42 Å². The Bertz CT molecular complexity index is 233. The van der Waals surface area contributed by atoms with Gasteiger partial charge in [0.2, 0.25) is 5.91 Å². The van der Waals surface area contributed by atoms with Gasteiger partial charge in [0.25, 0.3) is 6.43 Å². The Morgan fingerprint density at radius 3 is 2.64 bits per heavy atom. The van der Waals surface area contributed by atoms with Crippen molar-refractivity contribution in [3.63, 3.8) is 0 Å². The van der Waals surface area contributed by atoms with Crippen molar-refractivity contribution in [1.82, 2.24) is 4.90 Å². The summed E-state index contributed by atoms with van der Waals surface area (Å²) in [5.74, 6) is -0.389. The molecule has 1 aliphatic heterocycles. The van der Waals surface area contributed by atoms with Crippen LogP contribution in [0.3, 0.4) is 0 Å². The van der Waals surface area contributed by atoms with Crippen molar-refractivity contribution in [3.8, 4) is 0 Å². The molecule has 1 aliphatic rings. The van der Waals surface area contributed by atoms with Crippen molar-refractivity contribution < 1.29 is 23.1 Å². The van der Waals surface area contributed by atoms with E-state index in [0.29, 0.717) is 0 Å². The fraction of sp³-hybridized carbons (Fsp3) is 0.750. The van der Waals surface area contributed by atoms with E-state index in [1.165, 1.54) is 4.90 Å². The minimum absolute atomic E-state index is 0.0450. The molecular formula is C8H11F2NO3. The second-order valence-corrected chi connectivity index (χ2v) is 3.00. The molecule has 0 spiro atoms. The zero-order chi connectivity index (χ0) is 10.6. The molecule has 14 heavy (non-hydrogen) atoms. The molecule has 0 aromatic rings. The van der Waals surface area contributed by atoms with Crippen LogP contribution in [0.4, 0.5) is 8.78 Å². The topological polar surface area (TPSA) is 46.6 Å². The average Bonchev–Trinajstić information content (AvgIpc) is 2.39. The maximum absolute atomic E-state index is 11.6. The molecule has 0 unspecified atom stereocenters. The highest BCUT2D eigenvalue weighted by Crippen LogP contribution is 2.05. The number of carbonyl (C=O) groups is 2. The van der Waals surface area contributed by atoms with E-state index in [-0.39, 0.29) is 37.8 Å². The summed E-state index contributed by atoms with van der Waals surface area (Å²) in [5, 5.41) is 0. The van der Waals surface area contributed by atoms with Gasteiger partial charge in [-0.25, -0.2) is 8.78 Å². The Balaban J connectivity index is 2.13. The Hall–Kier alpha value is -1.04. The lowest BCUT2D eigenvalue weighted by Crippen LogP contribution is -2.29. The van der Waals surface area contributed by atoms with Crippen molar-refractivity contribution in [2.75, 3.05) is 26.3 Å². The van der Waals surface area contributed by atoms with Gasteiger partial charge in [0, 0.05) is 6.54 Å². The van der Waals surface area contributed by atoms with E-state index >= 15 is 0 Å². The van der Waals surface area contributed by atoms with Crippen LogP contribution in [0.25, 0.3) is 0 Å². The number of nitrogens with zero attached hydrogens (tertiary/aromatic N) is 1. The summed E-state index contributed by atoms with van der Waals surface area (Å²) in [6, 6.07) is 0. The van der Waals surface area contributed by atoms with Crippen LogP contribution < -0.4 is 0 Å². The van der Waals surface area contributed by atoms with Gasteiger partial charge in [-0.2, -0.15) is 0 Å². The van der Waals surface area contributed by atoms with Gasteiger partial charge in [-0.3, -0.25) is 9.59 Å². The van der Waals surface area contributed by atoms with Crippen LogP contribution in [0.5, 0.6) is 0 Å². The predicted octanol–water partition coefficient (Wildman–Crippen LogP) is 0.0695. The van der Waals surface area contributed by atoms with Gasteiger partial charge in [0.05, 0.1) is 19.6 Å². The maximum atomic E-state index is 11.6. The number of amides is 1. The van der Waals surface area contributed by atoms with Crippen molar-refractivity contribution >= 4 is 11.7 Å². The number of ether oxygens (including phenoxy) is 1. The number of rotatable bonds is 5. The lowest BCUT2D eigenvalue weighted by molar-refractivity contribution is -0.128. The largest absolute Gasteiger partial charge is 0.374 e. The first kappa shape index (κ1) is 11.0. The Morgan fingerprint density at radius 2 is 2.14 bits per heavy atom. The van der Waals surface area contributed by atoms with Crippen LogP contribution in [0.2, 0.25) is 0 Å². The first-order chi connectivity index (χ1) is 6.59. The van der Waals surface area contributed by atoms with Crippen molar-refractivity contribution in [1.29, 1.82) is 0 Å². The second kappa shape index (κ2) is 4.99. The molecule has 0 saturated carbocycles. The molecule has 0 bridgehead atoms. The number of halogens is 2. The molecule has 0 aromatic heterocycles. The molecule has 1 amide bonds. The summed E-state index contributed by atoms with van der Waals surface area (Å²) in [7, 11) is 0. The molecule has 4 nitrogen and oxygen atoms in total. The molecule has 0 N–H and O–H groups in total. The van der Waals surface area contributed by atoms with E-state index in [1.807, 2.05) is 0 Å². The third kappa shape index (κ3) is 3.37. The fourth-order valence-corrected chi connectivity index (χ4v) is 1.19. The first-order valence-corrected chi connectivity index (χ1v) is 4.25. The third-order valence-corrected chi connectivity index (χ3v) is 1.82. The molecule has 0 aliphatic carbocycles. The average molecular weight is 207 g/mol. The highest BCUT2D eigenvalue weighted by atomic mass is 19.3. The van der Waals surface area contributed by atoms with Crippen LogP contribution in [0, 0.1) is 0 Å². The molecule has 0 aromatic carbocycles. The molecule has 1 rings (SSSR count). The van der Waals surface area contributed by atoms with E-state index in [4.69, 9.17) is 0 Å². The number of likely N-dealkylation sites (tertiary alicyclic amines) is 1. The molecule has 0 atom stereocenters. The van der Waals surface area contributed by atoms with E-state index in [2.05, 4.69) is 4.74 Å². The van der Waals surface area contributed by atoms with E-state index < -0.39 is 13.0 Å². The number of Topliss-reactive ketones (excluding diaryl/α,β-unsaturated/α-hetero) is 1. The quantitative estimate of drug-likeness (QED) is 0.473. The summed E-state index contributed by atoms with van der Waals surface area (Å²) >= 11 is 0. The zero-order valence-corrected chi connectivity index (χ0v) is 7.54. The molecule has 1 saturated heterocycles. The summed E-state index contributed by atoms with van der Waals surface area (Å²) < 4.78 is 27.8. The summed E-state index contributed by atoms with van der Waals surface area (Å²) in [6.45, 7) is -0.298. The third-order valence-electron chi connectivity index (χ3n) is 1.82. The van der Waals surface area contributed by atoms with Gasteiger partial charge < -0.3 is 9.64 Å². The standard InChI is InChI=1S/C8H11F2NO3/c9-7(10)5-14-2-1-11-4-6(12)3-8(11)13/h7H,1-5H2. The molecular weight excluding hydrogens is 196 g/mol. The van der Waals surface area contributed by atoms with Crippen LogP contribution in [0.15, 0.2) is 0 Å². The van der Waals surface area contributed by atoms with Crippen LogP contribution in [-0.2, 0) is 14.3 Å². The molecule has 80 valence electrons. The van der Waals surface area contributed by atoms with Gasteiger partial charge in [-0.05, 0) is 0 Å². The minimum atomic E-state index is -2.49. The van der Waals surface area contributed by atoms with Crippen LogP contribution in [-0.4, -0.2) is 49.3 Å². The molecule has 1 fully saturated rings. The first-order valence-electron chi connectivity index (χ1n) is 4.25. The Labute approximate surface area is 79.8 Å². The number of hydrogen-bond donors (Lipinski definition) is 0. The number of alkyl halides is 2. The smallest absolute Gasteiger partial charge is 0.261 e. The number of hydrogen-bond acceptors (Lipinski definition) is 3. The van der Waals surface area contributed by atoms with Gasteiger partial charge in [-0.1, -0.05) is 0 Å². The molecule has 0 radical (unpaired) electrons. The normalized spacial score (nSPS) is 17.2. The van der Waals surface area contributed by atoms with E-state index in [9.17, 15) is 18.4 Å². The van der Waals surface area contributed by atoms with Crippen molar-refractivity contribution in [3.05, 3.63) is 0 Å². The number of carbonyl (C=O) groups excluding carboxylic acids is 2. The van der Waals surface area contributed by atoms with Gasteiger partial charge >= 0.3 is 0 Å². The Kier molecular flexibility index (Phi) is 3.94. The lowest BCUT2D eigenvalue weighted by Gasteiger charge is -2.13. The Morgan fingerprint density at radius 1 is 1.43 bits per heavy atom. The van der Waals surface area contributed by atoms with Gasteiger partial charge in [-0.15, -0.1) is 0 Å². The minimum Gasteiger partial charge on any atom is -0.374 e. The summed E-state index contributed by atoms with van der Waals surface area (Å²) in [4.78, 5) is 23.1. The second-order valence-electron chi connectivity index (χ2n) is 3.00. The van der Waals surface area contributed by atoms with Crippen molar-refractivity contribution in [2.24, 2.45) is 0 Å². The predicted molar refractivity (Wildman–Crippen MR) is 43.0 cm³/mol. The lowest BCUT2D eigenvalue weighted by atomic mass is 10.3. The van der Waals surface area contributed by atoms with Crippen molar-refractivity contribution in [2.45, 2.75) is 12.8 Å². The monoisotopic (exact) mass is 207 g/mol. The maximum Gasteiger partial charge on any atom is 0.261 e. The SMILES string of the molecule is O=C1CC(=O)N(CCOCC(F)F)C1. The highest BCUT2D eigenvalue weighted by molar-refractivity contribution is 6.05. The van der Waals surface area contributed by atoms with E-state index in [1.54, 1.807) is 0 Å². The van der Waals surface area contributed by atoms with Gasteiger partial charge in [0.1, 0.15) is 6.61 Å². The van der Waals surface area contributed by atoms with Crippen LogP contribution >= 0.6 is 0 Å². The summed E-state index contributed by atoms with van der Waals surface area (Å²) in [6.07, 6.45) is -2.57. The highest BCUT2D eigenvalue weighted by Gasteiger charge is 2.26. The summed E-state index contributed by atoms with van der Waals surface area (Å²) in [5.41, 5.74) is 0. The number of ketones is 1.